The van der Waals surface area contributed by atoms with Gasteiger partial charge in [0.25, 0.3) is 0 Å². The van der Waals surface area contributed by atoms with E-state index < -0.39 is 10.0 Å². The highest BCUT2D eigenvalue weighted by Gasteiger charge is 2.22. The van der Waals surface area contributed by atoms with Crippen molar-refractivity contribution in [1.82, 2.24) is 5.32 Å². The highest BCUT2D eigenvalue weighted by molar-refractivity contribution is 7.92. The molecule has 2 aliphatic rings. The summed E-state index contributed by atoms with van der Waals surface area (Å²) < 4.78 is 42.0. The van der Waals surface area contributed by atoms with E-state index in [-0.39, 0.29) is 25.0 Å². The van der Waals surface area contributed by atoms with Crippen LogP contribution in [0.5, 0.6) is 11.5 Å². The lowest BCUT2D eigenvalue weighted by Gasteiger charge is -2.25. The van der Waals surface area contributed by atoms with Gasteiger partial charge in [0, 0.05) is 32.2 Å². The average Bonchev–Trinajstić information content (AvgIpc) is 3.12. The lowest BCUT2D eigenvalue weighted by atomic mass is 10.2. The Balaban J connectivity index is 1.62. The molecule has 144 valence electrons. The van der Waals surface area contributed by atoms with Crippen molar-refractivity contribution >= 4 is 21.6 Å². The normalized spacial score (nSPS) is 19.2. The molecule has 0 aromatic heterocycles. The first-order chi connectivity index (χ1) is 12.4. The molecule has 2 aliphatic heterocycles. The molecule has 1 N–H and O–H groups in total. The van der Waals surface area contributed by atoms with Crippen molar-refractivity contribution in [3.8, 4) is 11.5 Å². The number of sulfonamides is 1. The largest absolute Gasteiger partial charge is 0.486 e. The summed E-state index contributed by atoms with van der Waals surface area (Å²) in [5.41, 5.74) is 0.448. The molecule has 0 radical (unpaired) electrons. The third-order valence-corrected chi connectivity index (χ3v) is 5.50. The molecular weight excluding hydrogens is 360 g/mol. The van der Waals surface area contributed by atoms with Crippen LogP contribution >= 0.6 is 0 Å². The van der Waals surface area contributed by atoms with E-state index in [9.17, 15) is 13.2 Å². The number of benzene rings is 1. The number of ether oxygens (including phenoxy) is 3. The summed E-state index contributed by atoms with van der Waals surface area (Å²) >= 11 is 0. The first-order valence-corrected chi connectivity index (χ1v) is 10.5. The van der Waals surface area contributed by atoms with Crippen LogP contribution in [0, 0.1) is 0 Å². The van der Waals surface area contributed by atoms with E-state index in [0.29, 0.717) is 36.9 Å². The molecule has 0 spiro atoms. The first-order valence-electron chi connectivity index (χ1n) is 8.69. The Morgan fingerprint density at radius 3 is 2.69 bits per heavy atom. The number of nitrogens with one attached hydrogen (secondary N) is 1. The van der Waals surface area contributed by atoms with Crippen LogP contribution in [0.3, 0.4) is 0 Å². The van der Waals surface area contributed by atoms with Crippen LogP contribution in [0.4, 0.5) is 5.69 Å². The van der Waals surface area contributed by atoms with E-state index in [2.05, 4.69) is 5.32 Å². The van der Waals surface area contributed by atoms with Crippen LogP contribution in [0.2, 0.25) is 0 Å². The van der Waals surface area contributed by atoms with Crippen molar-refractivity contribution in [2.75, 3.05) is 43.5 Å². The summed E-state index contributed by atoms with van der Waals surface area (Å²) in [5, 5.41) is 2.80. The summed E-state index contributed by atoms with van der Waals surface area (Å²) in [6.45, 7) is 2.12. The van der Waals surface area contributed by atoms with Crippen molar-refractivity contribution in [1.29, 1.82) is 0 Å². The first kappa shape index (κ1) is 18.8. The van der Waals surface area contributed by atoms with Crippen LogP contribution in [0.1, 0.15) is 19.3 Å². The van der Waals surface area contributed by atoms with Gasteiger partial charge in [-0.3, -0.25) is 9.10 Å². The van der Waals surface area contributed by atoms with Crippen molar-refractivity contribution in [2.45, 2.75) is 25.4 Å². The van der Waals surface area contributed by atoms with Crippen molar-refractivity contribution < 1.29 is 27.4 Å². The van der Waals surface area contributed by atoms with Crippen LogP contribution in [-0.2, 0) is 19.6 Å². The quantitative estimate of drug-likeness (QED) is 0.751. The molecule has 1 aromatic rings. The summed E-state index contributed by atoms with van der Waals surface area (Å²) in [5.74, 6) is 0.889. The number of amides is 1. The average molecular weight is 384 g/mol. The van der Waals surface area contributed by atoms with Gasteiger partial charge in [0.15, 0.2) is 11.5 Å². The Bertz CT molecular complexity index is 746. The van der Waals surface area contributed by atoms with Gasteiger partial charge in [-0.2, -0.15) is 0 Å². The zero-order chi connectivity index (χ0) is 18.6. The van der Waals surface area contributed by atoms with Gasteiger partial charge in [0.1, 0.15) is 13.2 Å². The maximum absolute atomic E-state index is 12.2. The third kappa shape index (κ3) is 4.79. The fourth-order valence-electron chi connectivity index (χ4n) is 3.00. The summed E-state index contributed by atoms with van der Waals surface area (Å²) in [6.07, 6.45) is 3.18. The lowest BCUT2D eigenvalue weighted by molar-refractivity contribution is -0.121. The smallest absolute Gasteiger partial charge is 0.232 e. The number of hydrogen-bond acceptors (Lipinski definition) is 6. The molecule has 0 aliphatic carbocycles. The molecule has 1 atom stereocenters. The van der Waals surface area contributed by atoms with E-state index in [1.54, 1.807) is 18.2 Å². The minimum absolute atomic E-state index is 0.0514. The Hall–Kier alpha value is -2.00. The molecule has 9 heteroatoms. The van der Waals surface area contributed by atoms with Crippen LogP contribution in [0.15, 0.2) is 18.2 Å². The number of nitrogens with zero attached hydrogens (tertiary/aromatic N) is 1. The Morgan fingerprint density at radius 2 is 2.00 bits per heavy atom. The number of carbonyl (C=O) groups excluding carboxylic acids is 1. The lowest BCUT2D eigenvalue weighted by Crippen LogP contribution is -2.37. The van der Waals surface area contributed by atoms with E-state index in [1.165, 1.54) is 4.31 Å². The van der Waals surface area contributed by atoms with E-state index in [4.69, 9.17) is 14.2 Å². The van der Waals surface area contributed by atoms with Gasteiger partial charge in [0.05, 0.1) is 18.0 Å². The van der Waals surface area contributed by atoms with Gasteiger partial charge < -0.3 is 19.5 Å². The van der Waals surface area contributed by atoms with Gasteiger partial charge in [-0.05, 0) is 25.0 Å². The second kappa shape index (κ2) is 8.13. The van der Waals surface area contributed by atoms with Crippen LogP contribution < -0.4 is 19.1 Å². The van der Waals surface area contributed by atoms with Gasteiger partial charge in [-0.15, -0.1) is 0 Å². The Morgan fingerprint density at radius 1 is 1.23 bits per heavy atom. The van der Waals surface area contributed by atoms with Gasteiger partial charge in [0.2, 0.25) is 15.9 Å². The Labute approximate surface area is 153 Å². The van der Waals surface area contributed by atoms with E-state index >= 15 is 0 Å². The molecule has 8 nitrogen and oxygen atoms in total. The molecule has 0 saturated carbocycles. The van der Waals surface area contributed by atoms with Gasteiger partial charge >= 0.3 is 0 Å². The summed E-state index contributed by atoms with van der Waals surface area (Å²) in [4.78, 5) is 12.1. The predicted octanol–water partition coefficient (Wildman–Crippen LogP) is 0.909. The second-order valence-electron chi connectivity index (χ2n) is 6.35. The monoisotopic (exact) mass is 384 g/mol. The third-order valence-electron chi connectivity index (χ3n) is 4.31. The molecular formula is C17H24N2O6S. The highest BCUT2D eigenvalue weighted by atomic mass is 32.2. The molecule has 26 heavy (non-hydrogen) atoms. The van der Waals surface area contributed by atoms with E-state index in [1.807, 2.05) is 0 Å². The number of hydrogen-bond donors (Lipinski definition) is 1. The molecule has 1 aromatic carbocycles. The molecule has 1 saturated heterocycles. The van der Waals surface area contributed by atoms with Gasteiger partial charge in [-0.25, -0.2) is 8.42 Å². The topological polar surface area (TPSA) is 94.2 Å². The maximum Gasteiger partial charge on any atom is 0.232 e. The van der Waals surface area contributed by atoms with Crippen molar-refractivity contribution in [3.63, 3.8) is 0 Å². The van der Waals surface area contributed by atoms with Crippen LogP contribution in [-0.4, -0.2) is 59.6 Å². The molecule has 1 fully saturated rings. The predicted molar refractivity (Wildman–Crippen MR) is 96.2 cm³/mol. The van der Waals surface area contributed by atoms with Crippen molar-refractivity contribution in [2.24, 2.45) is 0 Å². The number of anilines is 1. The number of rotatable bonds is 7. The molecule has 1 amide bonds. The highest BCUT2D eigenvalue weighted by Crippen LogP contribution is 2.34. The second-order valence-corrected chi connectivity index (χ2v) is 8.26. The van der Waals surface area contributed by atoms with E-state index in [0.717, 1.165) is 25.7 Å². The molecule has 1 unspecified atom stereocenters. The van der Waals surface area contributed by atoms with Gasteiger partial charge in [-0.1, -0.05) is 0 Å². The maximum atomic E-state index is 12.2. The molecule has 0 bridgehead atoms. The van der Waals surface area contributed by atoms with Crippen LogP contribution in [0.25, 0.3) is 0 Å². The standard InChI is InChI=1S/C17H24N2O6S/c1-26(21,22)19(7-6-17(20)18-12-14-3-2-8-23-14)13-4-5-15-16(11-13)25-10-9-24-15/h4-5,11,14H,2-3,6-10,12H2,1H3,(H,18,20). The number of fused-ring (bicyclic) bond motifs is 1. The number of carbonyl (C=O) groups is 1. The zero-order valence-electron chi connectivity index (χ0n) is 14.8. The summed E-state index contributed by atoms with van der Waals surface area (Å²) in [7, 11) is -3.54. The minimum Gasteiger partial charge on any atom is -0.486 e. The van der Waals surface area contributed by atoms with Crippen molar-refractivity contribution in [3.05, 3.63) is 18.2 Å². The molecule has 3 rings (SSSR count). The fourth-order valence-corrected chi connectivity index (χ4v) is 3.92. The molecule has 2 heterocycles. The minimum atomic E-state index is -3.54. The zero-order valence-corrected chi connectivity index (χ0v) is 15.6. The summed E-state index contributed by atoms with van der Waals surface area (Å²) in [6, 6.07) is 4.96. The fraction of sp³-hybridized carbons (Fsp3) is 0.588. The SMILES string of the molecule is CS(=O)(=O)N(CCC(=O)NCC1CCCO1)c1ccc2c(c1)OCCO2. The Kier molecular flexibility index (Phi) is 5.87.